The normalized spacial score (nSPS) is 17.0. The lowest BCUT2D eigenvalue weighted by atomic mass is 10.0. The van der Waals surface area contributed by atoms with E-state index < -0.39 is 0 Å². The molecule has 1 aliphatic heterocycles. The van der Waals surface area contributed by atoms with Crippen molar-refractivity contribution in [3.05, 3.63) is 0 Å². The van der Waals surface area contributed by atoms with Gasteiger partial charge >= 0.3 is 0 Å². The summed E-state index contributed by atoms with van der Waals surface area (Å²) in [5.74, 6) is 1.23. The van der Waals surface area contributed by atoms with Crippen LogP contribution in [0.1, 0.15) is 32.6 Å². The van der Waals surface area contributed by atoms with Crippen molar-refractivity contribution in [1.82, 2.24) is 5.32 Å². The number of halogens is 1. The monoisotopic (exact) mass is 385 g/mol. The summed E-state index contributed by atoms with van der Waals surface area (Å²) in [5.41, 5.74) is 5.68. The summed E-state index contributed by atoms with van der Waals surface area (Å²) in [7, 11) is 0. The molecule has 3 N–H and O–H groups in total. The number of nitrogens with two attached hydrogens (primary N) is 1. The van der Waals surface area contributed by atoms with Gasteiger partial charge in [0.1, 0.15) is 0 Å². The molecule has 0 radical (unpaired) electrons. The smallest absolute Gasteiger partial charge is 0.188 e. The minimum atomic E-state index is 0. The molecular weight excluding hydrogens is 357 g/mol. The molecule has 6 heteroatoms. The Kier molecular flexibility index (Phi) is 12.9. The van der Waals surface area contributed by atoms with Crippen LogP contribution in [0.3, 0.4) is 0 Å². The van der Waals surface area contributed by atoms with Crippen molar-refractivity contribution in [2.75, 3.05) is 39.5 Å². The largest absolute Gasteiger partial charge is 0.381 e. The maximum absolute atomic E-state index is 5.68. The molecule has 0 aromatic heterocycles. The maximum Gasteiger partial charge on any atom is 0.188 e. The van der Waals surface area contributed by atoms with Gasteiger partial charge in [-0.1, -0.05) is 6.92 Å². The Morgan fingerprint density at radius 1 is 1.42 bits per heavy atom. The van der Waals surface area contributed by atoms with Gasteiger partial charge in [-0.05, 0) is 31.6 Å². The molecule has 0 atom stereocenters. The second kappa shape index (κ2) is 12.9. The Hall–Kier alpha value is -0.0800. The minimum absolute atomic E-state index is 0. The molecule has 19 heavy (non-hydrogen) atoms. The predicted octanol–water partition coefficient (Wildman–Crippen LogP) is 1.75. The molecule has 0 amide bonds. The fourth-order valence-corrected chi connectivity index (χ4v) is 1.84. The second-order valence-electron chi connectivity index (χ2n) is 4.68. The third kappa shape index (κ3) is 10.4. The van der Waals surface area contributed by atoms with E-state index in [-0.39, 0.29) is 24.0 Å². The highest BCUT2D eigenvalue weighted by atomic mass is 127. The van der Waals surface area contributed by atoms with E-state index in [2.05, 4.69) is 17.2 Å². The number of nitrogens with zero attached hydrogens (tertiary/aromatic N) is 1. The summed E-state index contributed by atoms with van der Waals surface area (Å²) in [6.07, 6.45) is 4.26. The van der Waals surface area contributed by atoms with Crippen LogP contribution in [-0.2, 0) is 9.47 Å². The van der Waals surface area contributed by atoms with Crippen LogP contribution in [0.5, 0.6) is 0 Å². The van der Waals surface area contributed by atoms with Crippen molar-refractivity contribution in [3.63, 3.8) is 0 Å². The number of hydrogen-bond acceptors (Lipinski definition) is 3. The van der Waals surface area contributed by atoms with Gasteiger partial charge < -0.3 is 20.5 Å². The second-order valence-corrected chi connectivity index (χ2v) is 4.68. The topological polar surface area (TPSA) is 68.9 Å². The van der Waals surface area contributed by atoms with Gasteiger partial charge in [-0.3, -0.25) is 4.99 Å². The van der Waals surface area contributed by atoms with Crippen LogP contribution >= 0.6 is 24.0 Å². The molecule has 1 heterocycles. The number of guanidine groups is 1. The van der Waals surface area contributed by atoms with E-state index in [0.717, 1.165) is 65.2 Å². The summed E-state index contributed by atoms with van der Waals surface area (Å²) in [6, 6.07) is 0. The zero-order valence-electron chi connectivity index (χ0n) is 11.9. The zero-order chi connectivity index (χ0) is 13.1. The van der Waals surface area contributed by atoms with Gasteiger partial charge in [0, 0.05) is 39.5 Å². The average molecular weight is 385 g/mol. The quantitative estimate of drug-likeness (QED) is 0.289. The number of rotatable bonds is 8. The van der Waals surface area contributed by atoms with E-state index in [4.69, 9.17) is 15.2 Å². The summed E-state index contributed by atoms with van der Waals surface area (Å²) < 4.78 is 11.0. The number of hydrogen-bond donors (Lipinski definition) is 2. The summed E-state index contributed by atoms with van der Waals surface area (Å²) >= 11 is 0. The van der Waals surface area contributed by atoms with E-state index in [1.54, 1.807) is 0 Å². The standard InChI is InChI=1S/C13H27N3O2.HI/c1-2-6-15-13(14)16-7-3-8-18-11-12-4-9-17-10-5-12;/h12H,2-11H2,1H3,(H3,14,15,16);1H. The fourth-order valence-electron chi connectivity index (χ4n) is 1.84. The first-order chi connectivity index (χ1) is 8.83. The van der Waals surface area contributed by atoms with E-state index in [1.165, 1.54) is 0 Å². The van der Waals surface area contributed by atoms with Crippen LogP contribution < -0.4 is 11.1 Å². The summed E-state index contributed by atoms with van der Waals surface area (Å²) in [6.45, 7) is 7.13. The molecule has 114 valence electrons. The van der Waals surface area contributed by atoms with Crippen molar-refractivity contribution in [1.29, 1.82) is 0 Å². The molecule has 1 rings (SSSR count). The van der Waals surface area contributed by atoms with Gasteiger partial charge in [-0.15, -0.1) is 24.0 Å². The van der Waals surface area contributed by atoms with Gasteiger partial charge in [0.25, 0.3) is 0 Å². The van der Waals surface area contributed by atoms with Crippen molar-refractivity contribution in [2.24, 2.45) is 16.6 Å². The summed E-state index contributed by atoms with van der Waals surface area (Å²) in [5, 5.41) is 3.08. The number of nitrogens with one attached hydrogen (secondary N) is 1. The lowest BCUT2D eigenvalue weighted by Gasteiger charge is -2.21. The van der Waals surface area contributed by atoms with Crippen molar-refractivity contribution in [2.45, 2.75) is 32.6 Å². The van der Waals surface area contributed by atoms with Crippen LogP contribution in [0.25, 0.3) is 0 Å². The SMILES string of the molecule is CCCN=C(N)NCCCOCC1CCOCC1.I. The van der Waals surface area contributed by atoms with Gasteiger partial charge in [-0.25, -0.2) is 0 Å². The average Bonchev–Trinajstić information content (AvgIpc) is 2.41. The first kappa shape index (κ1) is 18.9. The van der Waals surface area contributed by atoms with E-state index >= 15 is 0 Å². The Labute approximate surface area is 133 Å². The molecule has 1 saturated heterocycles. The molecule has 0 saturated carbocycles. The Morgan fingerprint density at radius 3 is 2.84 bits per heavy atom. The Morgan fingerprint density at radius 2 is 2.16 bits per heavy atom. The number of ether oxygens (including phenoxy) is 2. The molecular formula is C13H28IN3O2. The van der Waals surface area contributed by atoms with Gasteiger partial charge in [0.15, 0.2) is 5.96 Å². The van der Waals surface area contributed by atoms with Gasteiger partial charge in [0.05, 0.1) is 0 Å². The molecule has 1 aliphatic rings. The molecule has 0 aliphatic carbocycles. The summed E-state index contributed by atoms with van der Waals surface area (Å²) in [4.78, 5) is 4.16. The van der Waals surface area contributed by atoms with Gasteiger partial charge in [-0.2, -0.15) is 0 Å². The van der Waals surface area contributed by atoms with Gasteiger partial charge in [0.2, 0.25) is 0 Å². The van der Waals surface area contributed by atoms with E-state index in [0.29, 0.717) is 11.9 Å². The van der Waals surface area contributed by atoms with Crippen LogP contribution in [-0.4, -0.2) is 45.5 Å². The fraction of sp³-hybridized carbons (Fsp3) is 0.923. The third-order valence-electron chi connectivity index (χ3n) is 2.97. The zero-order valence-corrected chi connectivity index (χ0v) is 14.2. The van der Waals surface area contributed by atoms with Crippen molar-refractivity contribution in [3.8, 4) is 0 Å². The first-order valence-corrected chi connectivity index (χ1v) is 7.02. The molecule has 0 aromatic rings. The number of aliphatic imine (C=N–C) groups is 1. The highest BCUT2D eigenvalue weighted by molar-refractivity contribution is 14.0. The van der Waals surface area contributed by atoms with E-state index in [1.807, 2.05) is 0 Å². The lowest BCUT2D eigenvalue weighted by Crippen LogP contribution is -2.33. The minimum Gasteiger partial charge on any atom is -0.381 e. The molecule has 0 bridgehead atoms. The molecule has 0 spiro atoms. The lowest BCUT2D eigenvalue weighted by molar-refractivity contribution is 0.0203. The van der Waals surface area contributed by atoms with Crippen molar-refractivity contribution < 1.29 is 9.47 Å². The van der Waals surface area contributed by atoms with Crippen molar-refractivity contribution >= 4 is 29.9 Å². The van der Waals surface area contributed by atoms with Crippen LogP contribution in [0.15, 0.2) is 4.99 Å². The molecule has 1 fully saturated rings. The third-order valence-corrected chi connectivity index (χ3v) is 2.97. The first-order valence-electron chi connectivity index (χ1n) is 7.02. The molecule has 0 unspecified atom stereocenters. The maximum atomic E-state index is 5.68. The van der Waals surface area contributed by atoms with E-state index in [9.17, 15) is 0 Å². The highest BCUT2D eigenvalue weighted by Crippen LogP contribution is 2.14. The highest BCUT2D eigenvalue weighted by Gasteiger charge is 2.13. The predicted molar refractivity (Wildman–Crippen MR) is 89.2 cm³/mol. The molecule has 5 nitrogen and oxygen atoms in total. The molecule has 0 aromatic carbocycles. The Bertz CT molecular complexity index is 234. The van der Waals surface area contributed by atoms with Crippen LogP contribution in [0, 0.1) is 5.92 Å². The Balaban J connectivity index is 0.00000324. The van der Waals surface area contributed by atoms with Crippen LogP contribution in [0.4, 0.5) is 0 Å². The van der Waals surface area contributed by atoms with Crippen LogP contribution in [0.2, 0.25) is 0 Å².